The van der Waals surface area contributed by atoms with Gasteiger partial charge in [0.1, 0.15) is 0 Å². The van der Waals surface area contributed by atoms with E-state index in [1.807, 2.05) is 0 Å². The van der Waals surface area contributed by atoms with Crippen molar-refractivity contribution >= 4 is 5.91 Å². The van der Waals surface area contributed by atoms with Gasteiger partial charge in [-0.1, -0.05) is 34.1 Å². The van der Waals surface area contributed by atoms with Crippen molar-refractivity contribution in [1.82, 2.24) is 5.32 Å². The molecule has 0 fully saturated rings. The molecular formula is C14H29NO3. The summed E-state index contributed by atoms with van der Waals surface area (Å²) in [5.41, 5.74) is -0.129. The van der Waals surface area contributed by atoms with Gasteiger partial charge in [0.15, 0.2) is 0 Å². The first-order chi connectivity index (χ1) is 8.36. The van der Waals surface area contributed by atoms with Crippen molar-refractivity contribution in [2.75, 3.05) is 19.8 Å². The maximum atomic E-state index is 11.6. The lowest BCUT2D eigenvalue weighted by atomic mass is 9.75. The van der Waals surface area contributed by atoms with Crippen LogP contribution in [0, 0.1) is 17.3 Å². The predicted octanol–water partition coefficient (Wildman–Crippen LogP) is 1.56. The molecule has 2 atom stereocenters. The first kappa shape index (κ1) is 17.4. The summed E-state index contributed by atoms with van der Waals surface area (Å²) in [5, 5.41) is 20.8. The van der Waals surface area contributed by atoms with E-state index in [9.17, 15) is 9.90 Å². The Hall–Kier alpha value is -0.610. The van der Waals surface area contributed by atoms with Crippen LogP contribution in [0.15, 0.2) is 0 Å². The molecule has 0 aliphatic rings. The van der Waals surface area contributed by atoms with Gasteiger partial charge < -0.3 is 15.5 Å². The van der Waals surface area contributed by atoms with Crippen LogP contribution >= 0.6 is 0 Å². The number of rotatable bonds is 9. The molecule has 1 amide bonds. The second-order valence-corrected chi connectivity index (χ2v) is 5.95. The van der Waals surface area contributed by atoms with E-state index in [1.54, 1.807) is 0 Å². The summed E-state index contributed by atoms with van der Waals surface area (Å²) in [4.78, 5) is 11.6. The highest BCUT2D eigenvalue weighted by atomic mass is 16.3. The maximum Gasteiger partial charge on any atom is 0.220 e. The third kappa shape index (κ3) is 6.97. The van der Waals surface area contributed by atoms with Gasteiger partial charge in [-0.15, -0.1) is 0 Å². The van der Waals surface area contributed by atoms with Gasteiger partial charge in [0.05, 0.1) is 6.61 Å². The van der Waals surface area contributed by atoms with Crippen LogP contribution in [0.5, 0.6) is 0 Å². The standard InChI is InChI=1S/C14H29NO3/c1-5-11(2)12(10-17)8-14(3,4)9-13(18)15-6-7-16/h11-12,16-17H,5-10H2,1-4H3,(H,15,18). The van der Waals surface area contributed by atoms with Crippen molar-refractivity contribution < 1.29 is 15.0 Å². The fourth-order valence-corrected chi connectivity index (χ4v) is 2.25. The monoisotopic (exact) mass is 259 g/mol. The molecule has 4 nitrogen and oxygen atoms in total. The third-order valence-corrected chi connectivity index (χ3v) is 3.57. The molecule has 0 aromatic rings. The van der Waals surface area contributed by atoms with Gasteiger partial charge in [-0.25, -0.2) is 0 Å². The molecule has 0 aromatic heterocycles. The number of hydrogen-bond acceptors (Lipinski definition) is 3. The van der Waals surface area contributed by atoms with Crippen LogP contribution in [0.25, 0.3) is 0 Å². The summed E-state index contributed by atoms with van der Waals surface area (Å²) in [7, 11) is 0. The fourth-order valence-electron chi connectivity index (χ4n) is 2.25. The Kier molecular flexibility index (Phi) is 8.20. The largest absolute Gasteiger partial charge is 0.396 e. The molecular weight excluding hydrogens is 230 g/mol. The highest BCUT2D eigenvalue weighted by Crippen LogP contribution is 2.33. The number of carbonyl (C=O) groups is 1. The highest BCUT2D eigenvalue weighted by molar-refractivity contribution is 5.76. The average Bonchev–Trinajstić information content (AvgIpc) is 2.31. The van der Waals surface area contributed by atoms with Crippen molar-refractivity contribution in [2.45, 2.75) is 47.0 Å². The Bertz CT molecular complexity index is 241. The summed E-state index contributed by atoms with van der Waals surface area (Å²) >= 11 is 0. The number of carbonyl (C=O) groups excluding carboxylic acids is 1. The second kappa shape index (κ2) is 8.48. The van der Waals surface area contributed by atoms with E-state index in [4.69, 9.17) is 5.11 Å². The summed E-state index contributed by atoms with van der Waals surface area (Å²) in [6.07, 6.45) is 2.31. The summed E-state index contributed by atoms with van der Waals surface area (Å²) in [5.74, 6) is 0.681. The summed E-state index contributed by atoms with van der Waals surface area (Å²) in [6.45, 7) is 8.82. The van der Waals surface area contributed by atoms with Gasteiger partial charge in [0.25, 0.3) is 0 Å². The Morgan fingerprint density at radius 1 is 1.33 bits per heavy atom. The molecule has 108 valence electrons. The van der Waals surface area contributed by atoms with Crippen molar-refractivity contribution in [1.29, 1.82) is 0 Å². The van der Waals surface area contributed by atoms with E-state index in [1.165, 1.54) is 0 Å². The van der Waals surface area contributed by atoms with Gasteiger partial charge in [-0.05, 0) is 23.7 Å². The van der Waals surface area contributed by atoms with Crippen LogP contribution in [-0.4, -0.2) is 35.9 Å². The molecule has 3 N–H and O–H groups in total. The van der Waals surface area contributed by atoms with E-state index in [0.29, 0.717) is 18.9 Å². The lowest BCUT2D eigenvalue weighted by Gasteiger charge is -2.31. The zero-order valence-electron chi connectivity index (χ0n) is 12.2. The minimum absolute atomic E-state index is 0.0295. The van der Waals surface area contributed by atoms with Crippen LogP contribution in [0.4, 0.5) is 0 Å². The highest BCUT2D eigenvalue weighted by Gasteiger charge is 2.28. The smallest absolute Gasteiger partial charge is 0.220 e. The SMILES string of the molecule is CCC(C)C(CO)CC(C)(C)CC(=O)NCCO. The fraction of sp³-hybridized carbons (Fsp3) is 0.929. The summed E-state index contributed by atoms with van der Waals surface area (Å²) in [6, 6.07) is 0. The topological polar surface area (TPSA) is 69.6 Å². The molecule has 0 saturated carbocycles. The van der Waals surface area contributed by atoms with Crippen LogP contribution in [0.1, 0.15) is 47.0 Å². The number of hydrogen-bond donors (Lipinski definition) is 3. The molecule has 0 radical (unpaired) electrons. The molecule has 0 aliphatic carbocycles. The molecule has 2 unspecified atom stereocenters. The van der Waals surface area contributed by atoms with Crippen molar-refractivity contribution in [3.63, 3.8) is 0 Å². The molecule has 0 aromatic carbocycles. The van der Waals surface area contributed by atoms with Crippen molar-refractivity contribution in [2.24, 2.45) is 17.3 Å². The Labute approximate surface area is 111 Å². The maximum absolute atomic E-state index is 11.6. The van der Waals surface area contributed by atoms with Gasteiger partial charge >= 0.3 is 0 Å². The lowest BCUT2D eigenvalue weighted by Crippen LogP contribution is -2.33. The molecule has 0 rings (SSSR count). The Morgan fingerprint density at radius 2 is 1.94 bits per heavy atom. The first-order valence-corrected chi connectivity index (χ1v) is 6.84. The average molecular weight is 259 g/mol. The Morgan fingerprint density at radius 3 is 2.39 bits per heavy atom. The lowest BCUT2D eigenvalue weighted by molar-refractivity contribution is -0.123. The number of aliphatic hydroxyl groups excluding tert-OH is 2. The van der Waals surface area contributed by atoms with Crippen LogP contribution in [0.3, 0.4) is 0 Å². The van der Waals surface area contributed by atoms with E-state index in [2.05, 4.69) is 33.0 Å². The second-order valence-electron chi connectivity index (χ2n) is 5.95. The van der Waals surface area contributed by atoms with E-state index in [-0.39, 0.29) is 30.5 Å². The molecule has 0 bridgehead atoms. The first-order valence-electron chi connectivity index (χ1n) is 6.84. The number of aliphatic hydroxyl groups is 2. The minimum atomic E-state index is -0.129. The van der Waals surface area contributed by atoms with Crippen LogP contribution < -0.4 is 5.32 Å². The van der Waals surface area contributed by atoms with E-state index < -0.39 is 0 Å². The normalized spacial score (nSPS) is 15.2. The molecule has 4 heteroatoms. The Balaban J connectivity index is 4.30. The van der Waals surface area contributed by atoms with Crippen molar-refractivity contribution in [3.8, 4) is 0 Å². The van der Waals surface area contributed by atoms with E-state index >= 15 is 0 Å². The van der Waals surface area contributed by atoms with Crippen LogP contribution in [-0.2, 0) is 4.79 Å². The molecule has 18 heavy (non-hydrogen) atoms. The van der Waals surface area contributed by atoms with Gasteiger partial charge in [-0.2, -0.15) is 0 Å². The third-order valence-electron chi connectivity index (χ3n) is 3.57. The molecule has 0 heterocycles. The molecule has 0 aliphatic heterocycles. The van der Waals surface area contributed by atoms with E-state index in [0.717, 1.165) is 12.8 Å². The van der Waals surface area contributed by atoms with Crippen LogP contribution in [0.2, 0.25) is 0 Å². The summed E-state index contributed by atoms with van der Waals surface area (Å²) < 4.78 is 0. The zero-order valence-corrected chi connectivity index (χ0v) is 12.2. The number of amides is 1. The molecule has 0 saturated heterocycles. The van der Waals surface area contributed by atoms with Gasteiger partial charge in [-0.3, -0.25) is 4.79 Å². The van der Waals surface area contributed by atoms with Crippen molar-refractivity contribution in [3.05, 3.63) is 0 Å². The minimum Gasteiger partial charge on any atom is -0.396 e. The number of nitrogens with one attached hydrogen (secondary N) is 1. The quantitative estimate of drug-likeness (QED) is 0.588. The zero-order chi connectivity index (χ0) is 14.2. The van der Waals surface area contributed by atoms with Gasteiger partial charge in [0.2, 0.25) is 5.91 Å². The predicted molar refractivity (Wildman–Crippen MR) is 73.1 cm³/mol. The molecule has 0 spiro atoms. The van der Waals surface area contributed by atoms with Gasteiger partial charge in [0, 0.05) is 19.6 Å².